The fraction of sp³-hybridized carbons (Fsp3) is 0.316. The lowest BCUT2D eigenvalue weighted by atomic mass is 9.97. The van der Waals surface area contributed by atoms with Crippen molar-refractivity contribution < 1.29 is 9.32 Å². The number of hydrogen-bond donors (Lipinski definition) is 0. The molecule has 25 heavy (non-hydrogen) atoms. The van der Waals surface area contributed by atoms with Gasteiger partial charge in [0, 0.05) is 18.7 Å². The number of amides is 1. The van der Waals surface area contributed by atoms with Crippen LogP contribution < -0.4 is 0 Å². The van der Waals surface area contributed by atoms with Crippen LogP contribution in [0.4, 0.5) is 0 Å². The molecule has 1 aliphatic heterocycles. The Morgan fingerprint density at radius 1 is 1.28 bits per heavy atom. The van der Waals surface area contributed by atoms with Gasteiger partial charge in [0.2, 0.25) is 11.7 Å². The van der Waals surface area contributed by atoms with Gasteiger partial charge in [-0.15, -0.1) is 11.3 Å². The van der Waals surface area contributed by atoms with Crippen LogP contribution in [0.1, 0.15) is 39.9 Å². The van der Waals surface area contributed by atoms with Gasteiger partial charge in [0.15, 0.2) is 0 Å². The zero-order chi connectivity index (χ0) is 17.2. The smallest absolute Gasteiger partial charge is 0.263 e. The van der Waals surface area contributed by atoms with E-state index in [4.69, 9.17) is 4.52 Å². The van der Waals surface area contributed by atoms with Crippen LogP contribution in [0.3, 0.4) is 0 Å². The average Bonchev–Trinajstić information content (AvgIpc) is 3.34. The van der Waals surface area contributed by atoms with Crippen molar-refractivity contribution in [1.82, 2.24) is 15.0 Å². The van der Waals surface area contributed by atoms with Crippen LogP contribution in [0.2, 0.25) is 0 Å². The molecular formula is C19H19N3O2S. The van der Waals surface area contributed by atoms with Gasteiger partial charge in [-0.3, -0.25) is 4.79 Å². The lowest BCUT2D eigenvalue weighted by Gasteiger charge is -2.30. The van der Waals surface area contributed by atoms with Crippen molar-refractivity contribution in [3.05, 3.63) is 58.1 Å². The third-order valence-corrected chi connectivity index (χ3v) is 5.48. The van der Waals surface area contributed by atoms with Gasteiger partial charge in [-0.05, 0) is 36.8 Å². The fourth-order valence-corrected chi connectivity index (χ4v) is 3.94. The van der Waals surface area contributed by atoms with Crippen LogP contribution in [0, 0.1) is 6.92 Å². The molecule has 0 radical (unpaired) electrons. The molecule has 1 aromatic carbocycles. The molecule has 0 bridgehead atoms. The number of aryl methyl sites for hydroxylation is 1. The normalized spacial score (nSPS) is 17.6. The Labute approximate surface area is 150 Å². The van der Waals surface area contributed by atoms with Crippen LogP contribution in [0.15, 0.2) is 46.3 Å². The molecule has 1 aliphatic rings. The third-order valence-electron chi connectivity index (χ3n) is 4.62. The van der Waals surface area contributed by atoms with E-state index in [1.165, 1.54) is 11.3 Å². The molecular weight excluding hydrogens is 334 g/mol. The summed E-state index contributed by atoms with van der Waals surface area (Å²) < 4.78 is 5.54. The van der Waals surface area contributed by atoms with Crippen molar-refractivity contribution in [2.75, 3.05) is 13.1 Å². The summed E-state index contributed by atoms with van der Waals surface area (Å²) in [5, 5.41) is 6.09. The number of likely N-dealkylation sites (tertiary alicyclic amines) is 1. The number of rotatable bonds is 3. The van der Waals surface area contributed by atoms with Crippen LogP contribution in [0.25, 0.3) is 11.4 Å². The minimum absolute atomic E-state index is 0.0957. The van der Waals surface area contributed by atoms with Crippen molar-refractivity contribution in [2.24, 2.45) is 0 Å². The van der Waals surface area contributed by atoms with Crippen molar-refractivity contribution in [3.63, 3.8) is 0 Å². The van der Waals surface area contributed by atoms with E-state index in [1.807, 2.05) is 53.6 Å². The Hall–Kier alpha value is -2.47. The van der Waals surface area contributed by atoms with E-state index in [1.54, 1.807) is 0 Å². The Bertz CT molecular complexity index is 872. The monoisotopic (exact) mass is 353 g/mol. The van der Waals surface area contributed by atoms with E-state index in [0.29, 0.717) is 18.3 Å². The van der Waals surface area contributed by atoms with E-state index in [-0.39, 0.29) is 11.8 Å². The third kappa shape index (κ3) is 3.22. The molecule has 1 atom stereocenters. The van der Waals surface area contributed by atoms with Gasteiger partial charge in [-0.1, -0.05) is 35.5 Å². The van der Waals surface area contributed by atoms with Crippen molar-refractivity contribution >= 4 is 17.2 Å². The molecule has 0 N–H and O–H groups in total. The maximum Gasteiger partial charge on any atom is 0.263 e. The first-order valence-electron chi connectivity index (χ1n) is 8.45. The van der Waals surface area contributed by atoms with Gasteiger partial charge in [0.1, 0.15) is 0 Å². The lowest BCUT2D eigenvalue weighted by molar-refractivity contribution is 0.0700. The molecule has 2 aromatic heterocycles. The standard InChI is InChI=1S/C19H19N3O2S/c1-13-6-2-3-8-15(13)17-20-18(24-21-17)14-7-4-10-22(12-14)19(23)16-9-5-11-25-16/h2-3,5-6,8-9,11,14H,4,7,10,12H2,1H3/t14-/m1/s1. The minimum Gasteiger partial charge on any atom is -0.339 e. The molecule has 3 heterocycles. The number of thiophene rings is 1. The van der Waals surface area contributed by atoms with E-state index in [2.05, 4.69) is 10.1 Å². The number of carbonyl (C=O) groups is 1. The molecule has 0 unspecified atom stereocenters. The zero-order valence-electron chi connectivity index (χ0n) is 14.0. The summed E-state index contributed by atoms with van der Waals surface area (Å²) in [4.78, 5) is 19.9. The summed E-state index contributed by atoms with van der Waals surface area (Å²) in [5.74, 6) is 1.44. The second-order valence-electron chi connectivity index (χ2n) is 6.34. The number of hydrogen-bond acceptors (Lipinski definition) is 5. The quantitative estimate of drug-likeness (QED) is 0.710. The van der Waals surface area contributed by atoms with Gasteiger partial charge < -0.3 is 9.42 Å². The van der Waals surface area contributed by atoms with Crippen molar-refractivity contribution in [1.29, 1.82) is 0 Å². The van der Waals surface area contributed by atoms with E-state index >= 15 is 0 Å². The van der Waals surface area contributed by atoms with E-state index in [9.17, 15) is 4.79 Å². The first-order valence-corrected chi connectivity index (χ1v) is 9.33. The average molecular weight is 353 g/mol. The lowest BCUT2D eigenvalue weighted by Crippen LogP contribution is -2.38. The number of piperidine rings is 1. The van der Waals surface area contributed by atoms with Gasteiger partial charge in [-0.2, -0.15) is 4.98 Å². The van der Waals surface area contributed by atoms with Gasteiger partial charge in [0.25, 0.3) is 5.91 Å². The van der Waals surface area contributed by atoms with Gasteiger partial charge >= 0.3 is 0 Å². The Kier molecular flexibility index (Phi) is 4.36. The first kappa shape index (κ1) is 16.0. The summed E-state index contributed by atoms with van der Waals surface area (Å²) in [7, 11) is 0. The molecule has 0 aliphatic carbocycles. The summed E-state index contributed by atoms with van der Waals surface area (Å²) in [6, 6.07) is 11.8. The molecule has 0 spiro atoms. The number of benzene rings is 1. The topological polar surface area (TPSA) is 59.2 Å². The van der Waals surface area contributed by atoms with Crippen LogP contribution in [-0.2, 0) is 0 Å². The Morgan fingerprint density at radius 2 is 2.16 bits per heavy atom. The molecule has 1 fully saturated rings. The Balaban J connectivity index is 1.52. The maximum atomic E-state index is 12.6. The highest BCUT2D eigenvalue weighted by Crippen LogP contribution is 2.29. The summed E-state index contributed by atoms with van der Waals surface area (Å²) in [6.07, 6.45) is 1.91. The molecule has 6 heteroatoms. The number of aromatic nitrogens is 2. The van der Waals surface area contributed by atoms with Crippen LogP contribution in [-0.4, -0.2) is 34.0 Å². The largest absolute Gasteiger partial charge is 0.339 e. The van der Waals surface area contributed by atoms with Gasteiger partial charge in [0.05, 0.1) is 10.8 Å². The molecule has 4 rings (SSSR count). The molecule has 5 nitrogen and oxygen atoms in total. The second-order valence-corrected chi connectivity index (χ2v) is 7.29. The molecule has 0 saturated carbocycles. The predicted octanol–water partition coefficient (Wildman–Crippen LogP) is 4.13. The molecule has 3 aromatic rings. The Morgan fingerprint density at radius 3 is 2.96 bits per heavy atom. The van der Waals surface area contributed by atoms with Crippen LogP contribution in [0.5, 0.6) is 0 Å². The SMILES string of the molecule is Cc1ccccc1-c1noc([C@@H]2CCCN(C(=O)c3cccs3)C2)n1. The highest BCUT2D eigenvalue weighted by Gasteiger charge is 2.29. The molecule has 1 amide bonds. The minimum atomic E-state index is 0.0957. The maximum absolute atomic E-state index is 12.6. The number of nitrogens with zero attached hydrogens (tertiary/aromatic N) is 3. The van der Waals surface area contributed by atoms with E-state index < -0.39 is 0 Å². The van der Waals surface area contributed by atoms with Crippen molar-refractivity contribution in [3.8, 4) is 11.4 Å². The summed E-state index contributed by atoms with van der Waals surface area (Å²) >= 11 is 1.48. The highest BCUT2D eigenvalue weighted by atomic mass is 32.1. The van der Waals surface area contributed by atoms with Crippen LogP contribution >= 0.6 is 11.3 Å². The zero-order valence-corrected chi connectivity index (χ0v) is 14.8. The molecule has 1 saturated heterocycles. The number of carbonyl (C=O) groups excluding carboxylic acids is 1. The van der Waals surface area contributed by atoms with E-state index in [0.717, 1.165) is 35.4 Å². The fourth-order valence-electron chi connectivity index (χ4n) is 3.25. The second kappa shape index (κ2) is 6.80. The van der Waals surface area contributed by atoms with Crippen molar-refractivity contribution in [2.45, 2.75) is 25.7 Å². The summed E-state index contributed by atoms with van der Waals surface area (Å²) in [6.45, 7) is 3.45. The first-order chi connectivity index (χ1) is 12.2. The predicted molar refractivity (Wildman–Crippen MR) is 96.7 cm³/mol. The highest BCUT2D eigenvalue weighted by molar-refractivity contribution is 7.12. The summed E-state index contributed by atoms with van der Waals surface area (Å²) in [5.41, 5.74) is 2.10. The van der Waals surface area contributed by atoms with Gasteiger partial charge in [-0.25, -0.2) is 0 Å². The molecule has 128 valence electrons.